The van der Waals surface area contributed by atoms with Gasteiger partial charge in [-0.3, -0.25) is 9.80 Å². The van der Waals surface area contributed by atoms with Crippen molar-refractivity contribution in [3.63, 3.8) is 0 Å². The predicted molar refractivity (Wildman–Crippen MR) is 151 cm³/mol. The Balaban J connectivity index is 1.32. The predicted octanol–water partition coefficient (Wildman–Crippen LogP) is 5.26. The van der Waals surface area contributed by atoms with E-state index in [-0.39, 0.29) is 11.2 Å². The fourth-order valence-corrected chi connectivity index (χ4v) is 6.01. The summed E-state index contributed by atoms with van der Waals surface area (Å²) in [5, 5.41) is 26.9. The van der Waals surface area contributed by atoms with E-state index in [1.165, 1.54) is 29.8 Å². The fourth-order valence-electron chi connectivity index (χ4n) is 3.82. The number of amides is 1. The number of thiophene rings is 2. The van der Waals surface area contributed by atoms with Crippen LogP contribution in [-0.4, -0.2) is 52.6 Å². The van der Waals surface area contributed by atoms with Crippen molar-refractivity contribution in [3.05, 3.63) is 90.8 Å². The largest absolute Gasteiger partial charge is 0.465 e. The van der Waals surface area contributed by atoms with Gasteiger partial charge in [-0.1, -0.05) is 24.0 Å². The number of nitriles is 1. The molecule has 0 aliphatic carbocycles. The monoisotopic (exact) mass is 563 g/mol. The molecule has 38 heavy (non-hydrogen) atoms. The number of hydrazine groups is 1. The number of thioether (sulfide) groups is 1. The maximum Gasteiger partial charge on any atom is 0.348 e. The van der Waals surface area contributed by atoms with Crippen molar-refractivity contribution < 1.29 is 19.4 Å². The number of rotatable bonds is 9. The Morgan fingerprint density at radius 3 is 2.87 bits per heavy atom. The average Bonchev–Trinajstić information content (AvgIpc) is 3.59. The highest BCUT2D eigenvalue weighted by Gasteiger charge is 2.23. The van der Waals surface area contributed by atoms with Crippen molar-refractivity contribution in [2.75, 3.05) is 20.2 Å². The number of hydrogen-bond acceptors (Lipinski definition) is 9. The number of aliphatic hydroxyl groups is 1. The maximum atomic E-state index is 12.6. The second kappa shape index (κ2) is 13.3. The molecule has 1 unspecified atom stereocenters. The van der Waals surface area contributed by atoms with E-state index in [0.29, 0.717) is 42.1 Å². The minimum absolute atomic E-state index is 0.0804. The summed E-state index contributed by atoms with van der Waals surface area (Å²) in [4.78, 5) is 26.4. The lowest BCUT2D eigenvalue weighted by Crippen LogP contribution is -2.45. The molecule has 1 aliphatic heterocycles. The van der Waals surface area contributed by atoms with E-state index >= 15 is 0 Å². The highest BCUT2D eigenvalue weighted by atomic mass is 32.2. The van der Waals surface area contributed by atoms with Gasteiger partial charge < -0.3 is 9.84 Å². The summed E-state index contributed by atoms with van der Waals surface area (Å²) >= 11 is 3.86. The van der Waals surface area contributed by atoms with Crippen LogP contribution in [0.15, 0.2) is 59.5 Å². The van der Waals surface area contributed by atoms with Gasteiger partial charge in [0.1, 0.15) is 15.8 Å². The Morgan fingerprint density at radius 2 is 2.05 bits per heavy atom. The zero-order chi connectivity index (χ0) is 26.9. The van der Waals surface area contributed by atoms with Gasteiger partial charge in [0.2, 0.25) is 0 Å². The van der Waals surface area contributed by atoms with E-state index in [4.69, 9.17) is 10.00 Å². The Hall–Kier alpha value is -3.54. The van der Waals surface area contributed by atoms with Gasteiger partial charge in [-0.25, -0.2) is 9.80 Å². The van der Waals surface area contributed by atoms with Crippen molar-refractivity contribution in [2.45, 2.75) is 25.4 Å². The second-order valence-electron chi connectivity index (χ2n) is 8.33. The quantitative estimate of drug-likeness (QED) is 0.280. The van der Waals surface area contributed by atoms with Crippen molar-refractivity contribution >= 4 is 45.6 Å². The smallest absolute Gasteiger partial charge is 0.348 e. The molecule has 4 rings (SSSR count). The number of ether oxygens (including phenoxy) is 1. The summed E-state index contributed by atoms with van der Waals surface area (Å²) in [5.41, 5.74) is 2.51. The summed E-state index contributed by atoms with van der Waals surface area (Å²) in [6.45, 7) is 0.947. The third-order valence-electron chi connectivity index (χ3n) is 5.74. The molecule has 0 saturated carbocycles. The molecular weight excluding hydrogens is 539 g/mol. The Kier molecular flexibility index (Phi) is 9.63. The molecule has 1 atom stereocenters. The van der Waals surface area contributed by atoms with Gasteiger partial charge in [0.15, 0.2) is 0 Å². The number of esters is 1. The number of aliphatic hydroxyl groups excluding tert-OH is 1. The molecule has 0 spiro atoms. The molecule has 1 N–H and O–H groups in total. The molecule has 7 nitrogen and oxygen atoms in total. The molecule has 1 aliphatic rings. The van der Waals surface area contributed by atoms with Gasteiger partial charge in [0.05, 0.1) is 18.8 Å². The number of carbonyl (C=O) groups excluding carboxylic acids is 2. The molecule has 3 heterocycles. The van der Waals surface area contributed by atoms with E-state index in [0.717, 1.165) is 33.3 Å². The molecule has 0 bridgehead atoms. The van der Waals surface area contributed by atoms with Crippen LogP contribution in [0.4, 0.5) is 4.79 Å². The van der Waals surface area contributed by atoms with Crippen LogP contribution in [-0.2, 0) is 17.6 Å². The first-order chi connectivity index (χ1) is 18.5. The zero-order valence-electron chi connectivity index (χ0n) is 20.6. The summed E-state index contributed by atoms with van der Waals surface area (Å²) in [6.07, 6.45) is 2.79. The second-order valence-corrected chi connectivity index (χ2v) is 11.3. The summed E-state index contributed by atoms with van der Waals surface area (Å²) < 4.78 is 4.76. The van der Waals surface area contributed by atoms with Gasteiger partial charge >= 0.3 is 11.2 Å². The van der Waals surface area contributed by atoms with Gasteiger partial charge in [0.25, 0.3) is 0 Å². The summed E-state index contributed by atoms with van der Waals surface area (Å²) in [5.74, 6) is 5.79. The molecule has 194 valence electrons. The first kappa shape index (κ1) is 27.5. The fraction of sp³-hybridized carbons (Fsp3) is 0.250. The van der Waals surface area contributed by atoms with E-state index < -0.39 is 6.10 Å². The van der Waals surface area contributed by atoms with Crippen LogP contribution in [0.25, 0.3) is 0 Å². The Bertz CT molecular complexity index is 1430. The molecule has 10 heteroatoms. The van der Waals surface area contributed by atoms with Gasteiger partial charge in [-0.2, -0.15) is 5.26 Å². The van der Waals surface area contributed by atoms with Crippen molar-refractivity contribution in [1.82, 2.24) is 10.0 Å². The van der Waals surface area contributed by atoms with Crippen LogP contribution in [0, 0.1) is 23.2 Å². The van der Waals surface area contributed by atoms with Crippen molar-refractivity contribution in [1.29, 1.82) is 5.26 Å². The zero-order valence-corrected chi connectivity index (χ0v) is 23.1. The van der Waals surface area contributed by atoms with Crippen LogP contribution in [0.5, 0.6) is 0 Å². The van der Waals surface area contributed by atoms with Crippen molar-refractivity contribution in [2.24, 2.45) is 0 Å². The van der Waals surface area contributed by atoms with Crippen LogP contribution in [0.3, 0.4) is 0 Å². The molecule has 0 radical (unpaired) electrons. The highest BCUT2D eigenvalue weighted by molar-refractivity contribution is 8.16. The lowest BCUT2D eigenvalue weighted by molar-refractivity contribution is 0.0548. The lowest BCUT2D eigenvalue weighted by Gasteiger charge is -2.36. The molecule has 0 fully saturated rings. The molecular formula is C28H25N3O4S3. The minimum atomic E-state index is -0.597. The molecule has 1 aromatic carbocycles. The van der Waals surface area contributed by atoms with Gasteiger partial charge in [-0.05, 0) is 71.3 Å². The van der Waals surface area contributed by atoms with Gasteiger partial charge in [-0.15, -0.1) is 22.7 Å². The van der Waals surface area contributed by atoms with Crippen molar-refractivity contribution in [3.8, 4) is 17.9 Å². The van der Waals surface area contributed by atoms with E-state index in [2.05, 4.69) is 17.9 Å². The number of carbonyl (C=O) groups is 2. The van der Waals surface area contributed by atoms with E-state index in [1.54, 1.807) is 16.5 Å². The highest BCUT2D eigenvalue weighted by Crippen LogP contribution is 2.23. The minimum Gasteiger partial charge on any atom is -0.465 e. The van der Waals surface area contributed by atoms with Gasteiger partial charge in [0, 0.05) is 36.2 Å². The molecule has 3 aromatic rings. The Labute approximate surface area is 233 Å². The number of hydrogen-bond donors (Lipinski definition) is 1. The molecule has 1 amide bonds. The summed E-state index contributed by atoms with van der Waals surface area (Å²) in [7, 11) is 1.35. The number of methoxy groups -OCH3 is 1. The topological polar surface area (TPSA) is 93.9 Å². The third-order valence-corrected chi connectivity index (χ3v) is 8.35. The standard InChI is InChI=1S/C28H25N3O4S3/c1-35-27(33)25-8-7-24(38-25)10-13-31-28(34)37-16-14-30(31)12-9-23(32)18-21-4-2-3-20(17-21)5-6-22-11-15-36-26(22)19-29/h2-4,7-8,11,14-17,23,32H,9-10,12-13,18H2,1H3. The van der Waals surface area contributed by atoms with Crippen LogP contribution in [0.2, 0.25) is 0 Å². The number of benzene rings is 1. The maximum absolute atomic E-state index is 12.6. The first-order valence-corrected chi connectivity index (χ1v) is 14.4. The molecule has 2 aromatic heterocycles. The van der Waals surface area contributed by atoms with E-state index in [9.17, 15) is 14.7 Å². The summed E-state index contributed by atoms with van der Waals surface area (Å²) in [6, 6.07) is 15.3. The number of nitrogens with zero attached hydrogens (tertiary/aromatic N) is 3. The van der Waals surface area contributed by atoms with Crippen LogP contribution >= 0.6 is 34.4 Å². The third kappa shape index (κ3) is 7.27. The molecule has 0 saturated heterocycles. The first-order valence-electron chi connectivity index (χ1n) is 11.8. The normalized spacial score (nSPS) is 13.6. The van der Waals surface area contributed by atoms with E-state index in [1.807, 2.05) is 53.0 Å². The lowest BCUT2D eigenvalue weighted by atomic mass is 10.0. The van der Waals surface area contributed by atoms with Crippen LogP contribution < -0.4 is 0 Å². The average molecular weight is 564 g/mol. The Morgan fingerprint density at radius 1 is 1.18 bits per heavy atom. The SMILES string of the molecule is COC(=O)c1ccc(CCN2C(=O)SC=CN2CCC(O)Cc2cccc(C#Cc3ccsc3C#N)c2)s1. The van der Waals surface area contributed by atoms with Crippen LogP contribution in [0.1, 0.15) is 42.5 Å².